The van der Waals surface area contributed by atoms with E-state index < -0.39 is 0 Å². The average molecular weight is 353 g/mol. The van der Waals surface area contributed by atoms with Crippen molar-refractivity contribution in [3.8, 4) is 0 Å². The highest BCUT2D eigenvalue weighted by molar-refractivity contribution is 9.10. The van der Waals surface area contributed by atoms with Crippen molar-refractivity contribution in [1.82, 2.24) is 10.1 Å². The molecule has 0 aliphatic heterocycles. The summed E-state index contributed by atoms with van der Waals surface area (Å²) in [5.74, 6) is 0.618. The Labute approximate surface area is 131 Å². The van der Waals surface area contributed by atoms with Crippen LogP contribution in [0.2, 0.25) is 0 Å². The minimum absolute atomic E-state index is 0.290. The van der Waals surface area contributed by atoms with E-state index in [1.54, 1.807) is 12.3 Å². The molecule has 0 aromatic carbocycles. The van der Waals surface area contributed by atoms with E-state index in [9.17, 15) is 4.79 Å². The fraction of sp³-hybridized carbons (Fsp3) is 0.357. The molecule has 0 radical (unpaired) electrons. The molecule has 0 atom stereocenters. The number of rotatable bonds is 5. The predicted octanol–water partition coefficient (Wildman–Crippen LogP) is 3.52. The summed E-state index contributed by atoms with van der Waals surface area (Å²) in [7, 11) is 0. The highest BCUT2D eigenvalue weighted by Gasteiger charge is 2.17. The van der Waals surface area contributed by atoms with E-state index in [1.807, 2.05) is 20.8 Å². The zero-order valence-electron chi connectivity index (χ0n) is 12.2. The van der Waals surface area contributed by atoms with Crippen LogP contribution in [-0.4, -0.2) is 22.6 Å². The number of anilines is 2. The van der Waals surface area contributed by atoms with Gasteiger partial charge >= 0.3 is 0 Å². The van der Waals surface area contributed by atoms with Crippen LogP contribution < -0.4 is 10.6 Å². The van der Waals surface area contributed by atoms with Crippen molar-refractivity contribution in [3.63, 3.8) is 0 Å². The van der Waals surface area contributed by atoms with E-state index in [2.05, 4.69) is 36.7 Å². The van der Waals surface area contributed by atoms with Gasteiger partial charge < -0.3 is 9.84 Å². The standard InChI is InChI=1S/C14H17BrN4O2/c1-4-5-16-12-11(6-10(15)7-17-12)13(20)18-14-8(2)9(3)19-21-14/h6-7H,4-5H2,1-3H3,(H,16,17)(H,18,20). The number of hydrogen-bond donors (Lipinski definition) is 2. The number of hydrogen-bond acceptors (Lipinski definition) is 5. The summed E-state index contributed by atoms with van der Waals surface area (Å²) in [6.07, 6.45) is 2.60. The van der Waals surface area contributed by atoms with Gasteiger partial charge in [0.05, 0.1) is 11.3 Å². The highest BCUT2D eigenvalue weighted by Crippen LogP contribution is 2.22. The van der Waals surface area contributed by atoms with Gasteiger partial charge in [0, 0.05) is 22.8 Å². The van der Waals surface area contributed by atoms with Crippen LogP contribution in [0.1, 0.15) is 35.0 Å². The molecule has 21 heavy (non-hydrogen) atoms. The number of pyridine rings is 1. The summed E-state index contributed by atoms with van der Waals surface area (Å²) in [6.45, 7) is 6.46. The minimum Gasteiger partial charge on any atom is -0.369 e. The second kappa shape index (κ2) is 6.71. The van der Waals surface area contributed by atoms with Crippen LogP contribution in [0.4, 0.5) is 11.7 Å². The van der Waals surface area contributed by atoms with Gasteiger partial charge in [0.25, 0.3) is 5.91 Å². The Morgan fingerprint density at radius 1 is 1.43 bits per heavy atom. The Kier molecular flexibility index (Phi) is 4.95. The van der Waals surface area contributed by atoms with Crippen molar-refractivity contribution in [3.05, 3.63) is 33.6 Å². The van der Waals surface area contributed by atoms with Gasteiger partial charge in [-0.3, -0.25) is 10.1 Å². The van der Waals surface area contributed by atoms with E-state index in [1.165, 1.54) is 0 Å². The normalized spacial score (nSPS) is 10.5. The average Bonchev–Trinajstić information content (AvgIpc) is 2.78. The summed E-state index contributed by atoms with van der Waals surface area (Å²) >= 11 is 3.33. The van der Waals surface area contributed by atoms with Crippen LogP contribution in [0.25, 0.3) is 0 Å². The van der Waals surface area contributed by atoms with Gasteiger partial charge in [0.15, 0.2) is 0 Å². The highest BCUT2D eigenvalue weighted by atomic mass is 79.9. The fourth-order valence-corrected chi connectivity index (χ4v) is 2.03. The number of nitrogens with one attached hydrogen (secondary N) is 2. The van der Waals surface area contributed by atoms with Gasteiger partial charge in [-0.25, -0.2) is 4.98 Å². The molecule has 0 fully saturated rings. The first-order valence-corrected chi connectivity index (χ1v) is 7.45. The molecule has 2 heterocycles. The Morgan fingerprint density at radius 2 is 2.19 bits per heavy atom. The van der Waals surface area contributed by atoms with Crippen LogP contribution in [-0.2, 0) is 0 Å². The smallest absolute Gasteiger partial charge is 0.261 e. The third kappa shape index (κ3) is 3.60. The quantitative estimate of drug-likeness (QED) is 0.860. The summed E-state index contributed by atoms with van der Waals surface area (Å²) in [5.41, 5.74) is 2.02. The third-order valence-corrected chi connectivity index (χ3v) is 3.46. The Morgan fingerprint density at radius 3 is 2.81 bits per heavy atom. The molecule has 2 aromatic heterocycles. The van der Waals surface area contributed by atoms with Gasteiger partial charge in [-0.2, -0.15) is 0 Å². The maximum atomic E-state index is 12.4. The fourth-order valence-electron chi connectivity index (χ4n) is 1.70. The van der Waals surface area contributed by atoms with E-state index >= 15 is 0 Å². The molecular weight excluding hydrogens is 336 g/mol. The van der Waals surface area contributed by atoms with Crippen molar-refractivity contribution in [1.29, 1.82) is 0 Å². The SMILES string of the molecule is CCCNc1ncc(Br)cc1C(=O)Nc1onc(C)c1C. The molecule has 0 aliphatic carbocycles. The molecule has 7 heteroatoms. The molecule has 0 saturated heterocycles. The molecule has 112 valence electrons. The van der Waals surface area contributed by atoms with Crippen molar-refractivity contribution in [2.45, 2.75) is 27.2 Å². The molecule has 0 saturated carbocycles. The first kappa shape index (κ1) is 15.5. The summed E-state index contributed by atoms with van der Waals surface area (Å²) in [4.78, 5) is 16.7. The topological polar surface area (TPSA) is 80.0 Å². The monoisotopic (exact) mass is 352 g/mol. The second-order valence-electron chi connectivity index (χ2n) is 4.65. The third-order valence-electron chi connectivity index (χ3n) is 3.03. The molecule has 0 aliphatic rings. The summed E-state index contributed by atoms with van der Waals surface area (Å²) in [6, 6.07) is 1.72. The second-order valence-corrected chi connectivity index (χ2v) is 5.57. The van der Waals surface area contributed by atoms with Gasteiger partial charge in [-0.05, 0) is 42.3 Å². The van der Waals surface area contributed by atoms with E-state index in [0.29, 0.717) is 17.3 Å². The Balaban J connectivity index is 2.25. The molecular formula is C14H17BrN4O2. The van der Waals surface area contributed by atoms with E-state index in [-0.39, 0.29) is 5.91 Å². The first-order valence-electron chi connectivity index (χ1n) is 6.66. The van der Waals surface area contributed by atoms with Gasteiger partial charge in [0.1, 0.15) is 5.82 Å². The van der Waals surface area contributed by atoms with E-state index in [0.717, 1.165) is 28.7 Å². The molecule has 0 spiro atoms. The lowest BCUT2D eigenvalue weighted by molar-refractivity contribution is 0.102. The van der Waals surface area contributed by atoms with Crippen molar-refractivity contribution < 1.29 is 9.32 Å². The number of amides is 1. The predicted molar refractivity (Wildman–Crippen MR) is 84.6 cm³/mol. The van der Waals surface area contributed by atoms with Crippen LogP contribution in [0.3, 0.4) is 0 Å². The van der Waals surface area contributed by atoms with Crippen molar-refractivity contribution >= 4 is 33.5 Å². The van der Waals surface area contributed by atoms with Gasteiger partial charge in [0.2, 0.25) is 5.88 Å². The molecule has 2 N–H and O–H groups in total. The lowest BCUT2D eigenvalue weighted by Gasteiger charge is -2.10. The number of aromatic nitrogens is 2. The zero-order valence-corrected chi connectivity index (χ0v) is 13.7. The maximum absolute atomic E-state index is 12.4. The molecule has 1 amide bonds. The van der Waals surface area contributed by atoms with Crippen LogP contribution >= 0.6 is 15.9 Å². The minimum atomic E-state index is -0.290. The van der Waals surface area contributed by atoms with Crippen molar-refractivity contribution in [2.75, 3.05) is 17.2 Å². The zero-order chi connectivity index (χ0) is 15.4. The maximum Gasteiger partial charge on any atom is 0.261 e. The molecule has 0 unspecified atom stereocenters. The van der Waals surface area contributed by atoms with Crippen LogP contribution in [0.15, 0.2) is 21.3 Å². The number of carbonyl (C=O) groups excluding carboxylic acids is 1. The van der Waals surface area contributed by atoms with Crippen LogP contribution in [0, 0.1) is 13.8 Å². The Bertz CT molecular complexity index is 654. The summed E-state index contributed by atoms with van der Waals surface area (Å²) < 4.78 is 5.84. The van der Waals surface area contributed by atoms with Crippen molar-refractivity contribution in [2.24, 2.45) is 0 Å². The van der Waals surface area contributed by atoms with E-state index in [4.69, 9.17) is 4.52 Å². The summed E-state index contributed by atoms with van der Waals surface area (Å²) in [5, 5.41) is 9.68. The molecule has 0 bridgehead atoms. The first-order chi connectivity index (χ1) is 10.0. The van der Waals surface area contributed by atoms with Gasteiger partial charge in [-0.1, -0.05) is 12.1 Å². The molecule has 2 aromatic rings. The number of aryl methyl sites for hydroxylation is 1. The number of halogens is 1. The largest absolute Gasteiger partial charge is 0.369 e. The Hall–Kier alpha value is -1.89. The lowest BCUT2D eigenvalue weighted by Crippen LogP contribution is -2.16. The lowest BCUT2D eigenvalue weighted by atomic mass is 10.2. The number of carbonyl (C=O) groups is 1. The van der Waals surface area contributed by atoms with Crippen LogP contribution in [0.5, 0.6) is 0 Å². The van der Waals surface area contributed by atoms with Gasteiger partial charge in [-0.15, -0.1) is 0 Å². The number of nitrogens with zero attached hydrogens (tertiary/aromatic N) is 2. The molecule has 2 rings (SSSR count). The molecule has 6 nitrogen and oxygen atoms in total.